The molecule has 0 radical (unpaired) electrons. The lowest BCUT2D eigenvalue weighted by atomic mass is 9.98. The van der Waals surface area contributed by atoms with E-state index in [1.54, 1.807) is 0 Å². The second-order valence-corrected chi connectivity index (χ2v) is 6.28. The van der Waals surface area contributed by atoms with E-state index in [0.29, 0.717) is 24.8 Å². The monoisotopic (exact) mass is 280 g/mol. The molecule has 5 heteroatoms. The third-order valence-corrected chi connectivity index (χ3v) is 4.80. The largest absolute Gasteiger partial charge is 0.378 e. The van der Waals surface area contributed by atoms with Crippen LogP contribution in [0.5, 0.6) is 0 Å². The van der Waals surface area contributed by atoms with Gasteiger partial charge in [0.15, 0.2) is 0 Å². The molecule has 3 rings (SSSR count). The Kier molecular flexibility index (Phi) is 3.96. The van der Waals surface area contributed by atoms with Crippen LogP contribution in [-0.4, -0.2) is 48.6 Å². The van der Waals surface area contributed by atoms with Gasteiger partial charge in [0.2, 0.25) is 11.8 Å². The summed E-state index contributed by atoms with van der Waals surface area (Å²) in [5.74, 6) is 0.943. The molecule has 2 heterocycles. The fourth-order valence-electron chi connectivity index (χ4n) is 3.42. The van der Waals surface area contributed by atoms with Crippen molar-refractivity contribution in [2.24, 2.45) is 11.8 Å². The molecule has 5 nitrogen and oxygen atoms in total. The SMILES string of the molecule is CCC1OCCC1CN1CCC(=O)NC(C2CC2)C1=O. The zero-order chi connectivity index (χ0) is 14.1. The molecule has 1 N–H and O–H groups in total. The topological polar surface area (TPSA) is 58.6 Å². The van der Waals surface area contributed by atoms with Crippen molar-refractivity contribution in [2.75, 3.05) is 19.7 Å². The first kappa shape index (κ1) is 13.9. The first-order valence-corrected chi connectivity index (χ1v) is 7.88. The van der Waals surface area contributed by atoms with Crippen molar-refractivity contribution in [1.82, 2.24) is 10.2 Å². The van der Waals surface area contributed by atoms with Crippen LogP contribution in [0.2, 0.25) is 0 Å². The first-order valence-electron chi connectivity index (χ1n) is 7.88. The van der Waals surface area contributed by atoms with Gasteiger partial charge in [-0.2, -0.15) is 0 Å². The number of hydrogen-bond donors (Lipinski definition) is 1. The molecule has 3 atom stereocenters. The second-order valence-electron chi connectivity index (χ2n) is 6.28. The van der Waals surface area contributed by atoms with Gasteiger partial charge >= 0.3 is 0 Å². The summed E-state index contributed by atoms with van der Waals surface area (Å²) in [6, 6.07) is -0.271. The van der Waals surface area contributed by atoms with Crippen LogP contribution in [0.15, 0.2) is 0 Å². The van der Waals surface area contributed by atoms with Gasteiger partial charge in [-0.3, -0.25) is 9.59 Å². The lowest BCUT2D eigenvalue weighted by molar-refractivity contribution is -0.134. The predicted molar refractivity (Wildman–Crippen MR) is 74.0 cm³/mol. The Hall–Kier alpha value is -1.10. The summed E-state index contributed by atoms with van der Waals surface area (Å²) in [4.78, 5) is 26.3. The Morgan fingerprint density at radius 3 is 2.80 bits per heavy atom. The number of ether oxygens (including phenoxy) is 1. The predicted octanol–water partition coefficient (Wildman–Crippen LogP) is 0.929. The summed E-state index contributed by atoms with van der Waals surface area (Å²) in [5, 5.41) is 2.91. The molecule has 0 aromatic heterocycles. The van der Waals surface area contributed by atoms with Gasteiger partial charge in [0.1, 0.15) is 6.04 Å². The van der Waals surface area contributed by atoms with E-state index in [1.165, 1.54) is 0 Å². The van der Waals surface area contributed by atoms with Crippen LogP contribution in [0.25, 0.3) is 0 Å². The highest BCUT2D eigenvalue weighted by molar-refractivity contribution is 5.90. The third kappa shape index (κ3) is 2.82. The molecule has 2 aliphatic heterocycles. The van der Waals surface area contributed by atoms with Crippen LogP contribution < -0.4 is 5.32 Å². The number of nitrogens with one attached hydrogen (secondary N) is 1. The number of rotatable bonds is 4. The summed E-state index contributed by atoms with van der Waals surface area (Å²) in [6.45, 7) is 4.23. The summed E-state index contributed by atoms with van der Waals surface area (Å²) < 4.78 is 5.71. The standard InChI is InChI=1S/C15H24N2O3/c1-2-12-11(6-8-20-12)9-17-7-5-13(18)16-14(15(17)19)10-3-4-10/h10-12,14H,2-9H2,1H3,(H,16,18). The molecule has 0 bridgehead atoms. The van der Waals surface area contributed by atoms with E-state index < -0.39 is 0 Å². The van der Waals surface area contributed by atoms with Crippen molar-refractivity contribution < 1.29 is 14.3 Å². The Bertz CT molecular complexity index is 395. The quantitative estimate of drug-likeness (QED) is 0.833. The summed E-state index contributed by atoms with van der Waals surface area (Å²) in [5.41, 5.74) is 0. The van der Waals surface area contributed by atoms with E-state index >= 15 is 0 Å². The summed E-state index contributed by atoms with van der Waals surface area (Å²) in [6.07, 6.45) is 4.85. The average Bonchev–Trinajstić information content (AvgIpc) is 3.20. The Morgan fingerprint density at radius 1 is 1.30 bits per heavy atom. The van der Waals surface area contributed by atoms with E-state index in [-0.39, 0.29) is 24.0 Å². The van der Waals surface area contributed by atoms with Crippen LogP contribution in [0.3, 0.4) is 0 Å². The minimum atomic E-state index is -0.271. The number of nitrogens with zero attached hydrogens (tertiary/aromatic N) is 1. The van der Waals surface area contributed by atoms with E-state index in [1.807, 2.05) is 4.90 Å². The molecule has 112 valence electrons. The van der Waals surface area contributed by atoms with Gasteiger partial charge in [0.25, 0.3) is 0 Å². The molecular formula is C15H24N2O3. The van der Waals surface area contributed by atoms with Gasteiger partial charge in [-0.25, -0.2) is 0 Å². The van der Waals surface area contributed by atoms with Gasteiger partial charge in [-0.15, -0.1) is 0 Å². The third-order valence-electron chi connectivity index (χ3n) is 4.80. The molecule has 2 saturated heterocycles. The maximum absolute atomic E-state index is 12.6. The maximum atomic E-state index is 12.6. The molecule has 2 amide bonds. The molecule has 3 aliphatic rings. The van der Waals surface area contributed by atoms with E-state index in [4.69, 9.17) is 4.74 Å². The lowest BCUT2D eigenvalue weighted by Gasteiger charge is -2.28. The van der Waals surface area contributed by atoms with E-state index in [0.717, 1.165) is 38.8 Å². The summed E-state index contributed by atoms with van der Waals surface area (Å²) >= 11 is 0. The Labute approximate surface area is 120 Å². The molecule has 1 saturated carbocycles. The fraction of sp³-hybridized carbons (Fsp3) is 0.867. The highest BCUT2D eigenvalue weighted by Gasteiger charge is 2.42. The van der Waals surface area contributed by atoms with Gasteiger partial charge in [0, 0.05) is 32.0 Å². The van der Waals surface area contributed by atoms with Crippen molar-refractivity contribution in [1.29, 1.82) is 0 Å². The lowest BCUT2D eigenvalue weighted by Crippen LogP contribution is -2.47. The molecule has 20 heavy (non-hydrogen) atoms. The normalized spacial score (nSPS) is 35.0. The Morgan fingerprint density at radius 2 is 2.10 bits per heavy atom. The first-order chi connectivity index (χ1) is 9.69. The number of carbonyl (C=O) groups excluding carboxylic acids is 2. The van der Waals surface area contributed by atoms with Crippen LogP contribution >= 0.6 is 0 Å². The number of hydrogen-bond acceptors (Lipinski definition) is 3. The van der Waals surface area contributed by atoms with Crippen molar-refractivity contribution in [3.05, 3.63) is 0 Å². The molecule has 1 aliphatic carbocycles. The molecular weight excluding hydrogens is 256 g/mol. The number of carbonyl (C=O) groups is 2. The molecule has 0 aromatic carbocycles. The fourth-order valence-corrected chi connectivity index (χ4v) is 3.42. The van der Waals surface area contributed by atoms with Crippen molar-refractivity contribution >= 4 is 11.8 Å². The average molecular weight is 280 g/mol. The van der Waals surface area contributed by atoms with E-state index in [9.17, 15) is 9.59 Å². The molecule has 0 spiro atoms. The zero-order valence-corrected chi connectivity index (χ0v) is 12.1. The number of amides is 2. The van der Waals surface area contributed by atoms with Crippen LogP contribution in [0.1, 0.15) is 39.0 Å². The highest BCUT2D eigenvalue weighted by Crippen LogP contribution is 2.34. The molecule has 0 aromatic rings. The van der Waals surface area contributed by atoms with Crippen molar-refractivity contribution in [2.45, 2.75) is 51.2 Å². The van der Waals surface area contributed by atoms with Gasteiger partial charge in [-0.1, -0.05) is 6.92 Å². The van der Waals surface area contributed by atoms with Gasteiger partial charge in [-0.05, 0) is 31.6 Å². The van der Waals surface area contributed by atoms with Gasteiger partial charge < -0.3 is 15.0 Å². The van der Waals surface area contributed by atoms with Crippen LogP contribution in [-0.2, 0) is 14.3 Å². The second kappa shape index (κ2) is 5.72. The van der Waals surface area contributed by atoms with Crippen molar-refractivity contribution in [3.8, 4) is 0 Å². The Balaban J connectivity index is 1.67. The summed E-state index contributed by atoms with van der Waals surface area (Å²) in [7, 11) is 0. The minimum Gasteiger partial charge on any atom is -0.378 e. The smallest absolute Gasteiger partial charge is 0.245 e. The van der Waals surface area contributed by atoms with Gasteiger partial charge in [0.05, 0.1) is 6.10 Å². The van der Waals surface area contributed by atoms with Crippen LogP contribution in [0, 0.1) is 11.8 Å². The van der Waals surface area contributed by atoms with E-state index in [2.05, 4.69) is 12.2 Å². The zero-order valence-electron chi connectivity index (χ0n) is 12.1. The maximum Gasteiger partial charge on any atom is 0.245 e. The highest BCUT2D eigenvalue weighted by atomic mass is 16.5. The molecule has 3 unspecified atom stereocenters. The minimum absolute atomic E-state index is 0.0208. The molecule has 3 fully saturated rings. The van der Waals surface area contributed by atoms with Crippen molar-refractivity contribution in [3.63, 3.8) is 0 Å². The van der Waals surface area contributed by atoms with Crippen LogP contribution in [0.4, 0.5) is 0 Å².